The maximum atomic E-state index is 13.4. The third kappa shape index (κ3) is 3.08. The van der Waals surface area contributed by atoms with Gasteiger partial charge in [-0.15, -0.1) is 0 Å². The van der Waals surface area contributed by atoms with Crippen molar-refractivity contribution in [2.24, 2.45) is 0 Å². The lowest BCUT2D eigenvalue weighted by Gasteiger charge is -2.06. The fraction of sp³-hybridized carbons (Fsp3) is 0.143. The normalized spacial score (nSPS) is 12.4. The van der Waals surface area contributed by atoms with E-state index in [0.717, 1.165) is 10.5 Å². The Morgan fingerprint density at radius 2 is 1.71 bits per heavy atom. The van der Waals surface area contributed by atoms with Crippen molar-refractivity contribution in [2.75, 3.05) is 0 Å². The highest BCUT2D eigenvalue weighted by Gasteiger charge is 2.04. The van der Waals surface area contributed by atoms with Gasteiger partial charge in [0.2, 0.25) is 0 Å². The van der Waals surface area contributed by atoms with E-state index in [1.807, 2.05) is 30.3 Å². The number of hydrogen-bond donors (Lipinski definition) is 1. The van der Waals surface area contributed by atoms with Gasteiger partial charge in [0.25, 0.3) is 0 Å². The summed E-state index contributed by atoms with van der Waals surface area (Å²) in [6.45, 7) is 1.72. The zero-order valence-corrected chi connectivity index (χ0v) is 10.2. The predicted molar refractivity (Wildman–Crippen MR) is 67.6 cm³/mol. The molecule has 2 rings (SSSR count). The molecule has 0 fully saturated rings. The summed E-state index contributed by atoms with van der Waals surface area (Å²) in [7, 11) is 0. The van der Waals surface area contributed by atoms with Crippen LogP contribution in [0, 0.1) is 5.82 Å². The molecule has 0 heterocycles. The molecular formula is C14H13FOS. The minimum absolute atomic E-state index is 0.211. The topological polar surface area (TPSA) is 20.2 Å². The highest BCUT2D eigenvalue weighted by atomic mass is 32.2. The van der Waals surface area contributed by atoms with E-state index in [1.165, 1.54) is 17.8 Å². The van der Waals surface area contributed by atoms with Gasteiger partial charge in [-0.3, -0.25) is 0 Å². The van der Waals surface area contributed by atoms with Crippen molar-refractivity contribution in [2.45, 2.75) is 22.8 Å². The Bertz CT molecular complexity index is 494. The zero-order chi connectivity index (χ0) is 12.3. The number of hydrogen-bond acceptors (Lipinski definition) is 2. The van der Waals surface area contributed by atoms with Crippen LogP contribution in [-0.4, -0.2) is 5.11 Å². The Morgan fingerprint density at radius 1 is 1.06 bits per heavy atom. The van der Waals surface area contributed by atoms with Gasteiger partial charge in [-0.05, 0) is 36.8 Å². The van der Waals surface area contributed by atoms with Crippen LogP contribution in [0.1, 0.15) is 18.6 Å². The first-order chi connectivity index (χ1) is 8.16. The van der Waals surface area contributed by atoms with Gasteiger partial charge < -0.3 is 5.11 Å². The maximum Gasteiger partial charge on any atom is 0.137 e. The van der Waals surface area contributed by atoms with Crippen molar-refractivity contribution in [3.05, 3.63) is 59.9 Å². The number of aliphatic hydroxyl groups excluding tert-OH is 1. The van der Waals surface area contributed by atoms with Crippen molar-refractivity contribution in [1.29, 1.82) is 0 Å². The summed E-state index contributed by atoms with van der Waals surface area (Å²) in [5.41, 5.74) is 0.864. The fourth-order valence-electron chi connectivity index (χ4n) is 1.47. The molecule has 0 aliphatic rings. The maximum absolute atomic E-state index is 13.4. The van der Waals surface area contributed by atoms with Gasteiger partial charge in [-0.25, -0.2) is 4.39 Å². The molecule has 0 saturated carbocycles. The summed E-state index contributed by atoms with van der Waals surface area (Å²) in [6.07, 6.45) is -0.470. The Morgan fingerprint density at radius 3 is 2.29 bits per heavy atom. The molecule has 2 aromatic carbocycles. The molecule has 1 atom stereocenters. The van der Waals surface area contributed by atoms with Crippen LogP contribution >= 0.6 is 11.8 Å². The van der Waals surface area contributed by atoms with E-state index in [0.29, 0.717) is 4.90 Å². The molecule has 0 bridgehead atoms. The summed E-state index contributed by atoms with van der Waals surface area (Å²) in [6, 6.07) is 14.2. The van der Waals surface area contributed by atoms with Crippen LogP contribution in [0.4, 0.5) is 4.39 Å². The van der Waals surface area contributed by atoms with E-state index in [2.05, 4.69) is 0 Å². The Balaban J connectivity index is 2.17. The average molecular weight is 248 g/mol. The molecule has 0 aliphatic carbocycles. The van der Waals surface area contributed by atoms with Crippen LogP contribution in [0.25, 0.3) is 0 Å². The number of halogens is 1. The summed E-state index contributed by atoms with van der Waals surface area (Å²) in [4.78, 5) is 1.57. The van der Waals surface area contributed by atoms with E-state index in [9.17, 15) is 9.50 Å². The molecule has 17 heavy (non-hydrogen) atoms. The minimum atomic E-state index is -0.470. The lowest BCUT2D eigenvalue weighted by molar-refractivity contribution is 0.199. The quantitative estimate of drug-likeness (QED) is 0.885. The molecule has 0 radical (unpaired) electrons. The molecule has 0 aromatic heterocycles. The average Bonchev–Trinajstić information content (AvgIpc) is 2.33. The monoisotopic (exact) mass is 248 g/mol. The van der Waals surface area contributed by atoms with Crippen LogP contribution in [-0.2, 0) is 0 Å². The second-order valence-corrected chi connectivity index (χ2v) is 4.89. The standard InChI is InChI=1S/C14H13FOS/c1-10(16)11-6-8-12(9-7-11)17-14-5-3-2-4-13(14)15/h2-10,16H,1H3. The molecule has 1 unspecified atom stereocenters. The molecule has 88 valence electrons. The van der Waals surface area contributed by atoms with E-state index in [-0.39, 0.29) is 5.82 Å². The third-order valence-electron chi connectivity index (χ3n) is 2.43. The second-order valence-electron chi connectivity index (χ2n) is 3.78. The molecule has 1 nitrogen and oxygen atoms in total. The molecule has 0 amide bonds. The second kappa shape index (κ2) is 5.34. The van der Waals surface area contributed by atoms with Gasteiger partial charge in [0.15, 0.2) is 0 Å². The lowest BCUT2D eigenvalue weighted by atomic mass is 10.1. The SMILES string of the molecule is CC(O)c1ccc(Sc2ccccc2F)cc1. The van der Waals surface area contributed by atoms with Crippen molar-refractivity contribution in [3.8, 4) is 0 Å². The van der Waals surface area contributed by atoms with Crippen molar-refractivity contribution in [3.63, 3.8) is 0 Å². The van der Waals surface area contributed by atoms with Crippen molar-refractivity contribution >= 4 is 11.8 Å². The lowest BCUT2D eigenvalue weighted by Crippen LogP contribution is -1.89. The van der Waals surface area contributed by atoms with Crippen LogP contribution in [0.15, 0.2) is 58.3 Å². The highest BCUT2D eigenvalue weighted by molar-refractivity contribution is 7.99. The predicted octanol–water partition coefficient (Wildman–Crippen LogP) is 4.03. The van der Waals surface area contributed by atoms with Gasteiger partial charge in [-0.1, -0.05) is 36.0 Å². The molecule has 3 heteroatoms. The summed E-state index contributed by atoms with van der Waals surface area (Å²) >= 11 is 1.38. The van der Waals surface area contributed by atoms with Crippen LogP contribution < -0.4 is 0 Å². The number of benzene rings is 2. The molecule has 2 aromatic rings. The summed E-state index contributed by atoms with van der Waals surface area (Å²) < 4.78 is 13.4. The van der Waals surface area contributed by atoms with Crippen molar-refractivity contribution < 1.29 is 9.50 Å². The van der Waals surface area contributed by atoms with Crippen LogP contribution in [0.5, 0.6) is 0 Å². The first-order valence-corrected chi connectivity index (χ1v) is 6.19. The zero-order valence-electron chi connectivity index (χ0n) is 9.43. The number of aliphatic hydroxyl groups is 1. The Hall–Kier alpha value is -1.32. The Labute approximate surface area is 104 Å². The fourth-order valence-corrected chi connectivity index (χ4v) is 2.31. The third-order valence-corrected chi connectivity index (χ3v) is 3.49. The molecular weight excluding hydrogens is 235 g/mol. The minimum Gasteiger partial charge on any atom is -0.389 e. The highest BCUT2D eigenvalue weighted by Crippen LogP contribution is 2.30. The molecule has 1 N–H and O–H groups in total. The van der Waals surface area contributed by atoms with Gasteiger partial charge in [0, 0.05) is 9.79 Å². The summed E-state index contributed by atoms with van der Waals surface area (Å²) in [5.74, 6) is -0.211. The van der Waals surface area contributed by atoms with Gasteiger partial charge in [0.1, 0.15) is 5.82 Å². The number of rotatable bonds is 3. The van der Waals surface area contributed by atoms with Crippen LogP contribution in [0.2, 0.25) is 0 Å². The smallest absolute Gasteiger partial charge is 0.137 e. The summed E-state index contributed by atoms with van der Waals surface area (Å²) in [5, 5.41) is 9.38. The first kappa shape index (κ1) is 12.1. The first-order valence-electron chi connectivity index (χ1n) is 5.37. The molecule has 0 saturated heterocycles. The van der Waals surface area contributed by atoms with Gasteiger partial charge in [0.05, 0.1) is 6.10 Å². The van der Waals surface area contributed by atoms with Gasteiger partial charge >= 0.3 is 0 Å². The molecule has 0 aliphatic heterocycles. The largest absolute Gasteiger partial charge is 0.389 e. The van der Waals surface area contributed by atoms with E-state index < -0.39 is 6.10 Å². The van der Waals surface area contributed by atoms with Gasteiger partial charge in [-0.2, -0.15) is 0 Å². The Kier molecular flexibility index (Phi) is 3.82. The van der Waals surface area contributed by atoms with Crippen molar-refractivity contribution in [1.82, 2.24) is 0 Å². The van der Waals surface area contributed by atoms with E-state index in [1.54, 1.807) is 19.1 Å². The molecule has 0 spiro atoms. The van der Waals surface area contributed by atoms with E-state index in [4.69, 9.17) is 0 Å². The van der Waals surface area contributed by atoms with Crippen LogP contribution in [0.3, 0.4) is 0 Å². The van der Waals surface area contributed by atoms with E-state index >= 15 is 0 Å².